The number of hydrogen-bond donors (Lipinski definition) is 1. The number of benzene rings is 1. The van der Waals surface area contributed by atoms with Crippen LogP contribution in [0.15, 0.2) is 45.8 Å². The molecule has 1 amide bonds. The Hall–Kier alpha value is -3.04. The van der Waals surface area contributed by atoms with Crippen molar-refractivity contribution in [2.75, 3.05) is 65.1 Å². The number of amides is 1. The van der Waals surface area contributed by atoms with Gasteiger partial charge < -0.3 is 28.8 Å². The number of carbonyl (C=O) groups excluding carboxylic acids is 1. The highest BCUT2D eigenvalue weighted by atomic mass is 16.5. The molecule has 0 bridgehead atoms. The summed E-state index contributed by atoms with van der Waals surface area (Å²) in [6.45, 7) is 4.58. The summed E-state index contributed by atoms with van der Waals surface area (Å²) >= 11 is 0. The van der Waals surface area contributed by atoms with E-state index < -0.39 is 0 Å². The molecule has 0 radical (unpaired) electrons. The summed E-state index contributed by atoms with van der Waals surface area (Å²) in [5.41, 5.74) is 0.863. The molecule has 1 aromatic heterocycles. The molecule has 0 saturated carbocycles. The van der Waals surface area contributed by atoms with E-state index in [0.29, 0.717) is 25.5 Å². The molecule has 1 aliphatic heterocycles. The second-order valence-corrected chi connectivity index (χ2v) is 7.17. The fraction of sp³-hybridized carbons (Fsp3) is 0.455. The highest BCUT2D eigenvalue weighted by Gasteiger charge is 2.19. The minimum atomic E-state index is -0.324. The molecule has 9 nitrogen and oxygen atoms in total. The number of piperazine rings is 1. The van der Waals surface area contributed by atoms with Crippen molar-refractivity contribution in [3.8, 4) is 11.5 Å². The topological polar surface area (TPSA) is 93.5 Å². The molecule has 168 valence electrons. The first kappa shape index (κ1) is 22.6. The molecule has 0 aliphatic carbocycles. The predicted octanol–water partition coefficient (Wildman–Crippen LogP) is 1.11. The van der Waals surface area contributed by atoms with E-state index in [9.17, 15) is 9.59 Å². The van der Waals surface area contributed by atoms with E-state index in [0.717, 1.165) is 31.9 Å². The van der Waals surface area contributed by atoms with Crippen LogP contribution >= 0.6 is 0 Å². The number of nitrogens with zero attached hydrogens (tertiary/aromatic N) is 2. The number of hydrogen-bond acceptors (Lipinski definition) is 8. The fourth-order valence-corrected chi connectivity index (χ4v) is 3.29. The Morgan fingerprint density at radius 1 is 1.13 bits per heavy atom. The van der Waals surface area contributed by atoms with Crippen molar-refractivity contribution in [2.45, 2.75) is 6.54 Å². The molecule has 1 fully saturated rings. The lowest BCUT2D eigenvalue weighted by Crippen LogP contribution is -2.46. The minimum Gasteiger partial charge on any atom is -0.497 e. The van der Waals surface area contributed by atoms with Crippen LogP contribution in [-0.4, -0.2) is 71.0 Å². The lowest BCUT2D eigenvalue weighted by molar-refractivity contribution is -0.123. The van der Waals surface area contributed by atoms with Crippen LogP contribution in [0.2, 0.25) is 0 Å². The average molecular weight is 431 g/mol. The van der Waals surface area contributed by atoms with Gasteiger partial charge in [-0.15, -0.1) is 0 Å². The third-order valence-corrected chi connectivity index (χ3v) is 5.03. The maximum Gasteiger partial charge on any atom is 0.258 e. The molecule has 0 unspecified atom stereocenters. The monoisotopic (exact) mass is 431 g/mol. The SMILES string of the molecule is COCCNC(=O)COc1coc(CN2CCN(c3ccc(OC)cc3)CC2)cc1=O. The second-order valence-electron chi connectivity index (χ2n) is 7.17. The van der Waals surface area contributed by atoms with Crippen LogP contribution in [0.5, 0.6) is 11.5 Å². The number of methoxy groups -OCH3 is 2. The zero-order chi connectivity index (χ0) is 22.1. The molecule has 1 saturated heterocycles. The van der Waals surface area contributed by atoms with Gasteiger partial charge in [-0.1, -0.05) is 0 Å². The minimum absolute atomic E-state index is 0.0231. The van der Waals surface area contributed by atoms with Gasteiger partial charge in [0.05, 0.1) is 20.3 Å². The quantitative estimate of drug-likeness (QED) is 0.560. The molecule has 1 aliphatic rings. The number of anilines is 1. The van der Waals surface area contributed by atoms with E-state index in [1.165, 1.54) is 18.0 Å². The van der Waals surface area contributed by atoms with E-state index in [4.69, 9.17) is 18.6 Å². The maximum atomic E-state index is 12.3. The molecule has 0 spiro atoms. The standard InChI is InChI=1S/C22H29N3O6/c1-28-12-7-23-22(27)16-31-21-15-30-19(13-20(21)26)14-24-8-10-25(11-9-24)17-3-5-18(29-2)6-4-17/h3-6,13,15H,7-12,14,16H2,1-2H3,(H,23,27). The maximum absolute atomic E-state index is 12.3. The van der Waals surface area contributed by atoms with Crippen LogP contribution in [0.25, 0.3) is 0 Å². The Balaban J connectivity index is 1.46. The molecular weight excluding hydrogens is 402 g/mol. The van der Waals surface area contributed by atoms with Gasteiger partial charge >= 0.3 is 0 Å². The van der Waals surface area contributed by atoms with E-state index in [2.05, 4.69) is 27.2 Å². The summed E-state index contributed by atoms with van der Waals surface area (Å²) < 4.78 is 20.9. The number of ether oxygens (including phenoxy) is 3. The summed E-state index contributed by atoms with van der Waals surface area (Å²) in [7, 11) is 3.21. The first-order valence-electron chi connectivity index (χ1n) is 10.2. The van der Waals surface area contributed by atoms with Crippen molar-refractivity contribution in [1.29, 1.82) is 0 Å². The zero-order valence-electron chi connectivity index (χ0n) is 18.0. The first-order valence-corrected chi connectivity index (χ1v) is 10.2. The Kier molecular flexibility index (Phi) is 8.31. The Labute approximate surface area is 181 Å². The van der Waals surface area contributed by atoms with Gasteiger partial charge in [-0.05, 0) is 24.3 Å². The normalized spacial score (nSPS) is 14.3. The summed E-state index contributed by atoms with van der Waals surface area (Å²) in [4.78, 5) is 28.5. The second kappa shape index (κ2) is 11.4. The van der Waals surface area contributed by atoms with Gasteiger partial charge in [0.1, 0.15) is 17.8 Å². The van der Waals surface area contributed by atoms with Crippen LogP contribution in [0.3, 0.4) is 0 Å². The van der Waals surface area contributed by atoms with Crippen molar-refractivity contribution >= 4 is 11.6 Å². The van der Waals surface area contributed by atoms with E-state index in [1.54, 1.807) is 14.2 Å². The third kappa shape index (κ3) is 6.73. The smallest absolute Gasteiger partial charge is 0.258 e. The first-order chi connectivity index (χ1) is 15.1. The molecular formula is C22H29N3O6. The Morgan fingerprint density at radius 2 is 1.87 bits per heavy atom. The largest absolute Gasteiger partial charge is 0.497 e. The predicted molar refractivity (Wildman–Crippen MR) is 116 cm³/mol. The van der Waals surface area contributed by atoms with Crippen molar-refractivity contribution in [1.82, 2.24) is 10.2 Å². The van der Waals surface area contributed by atoms with Crippen molar-refractivity contribution < 1.29 is 23.4 Å². The van der Waals surface area contributed by atoms with Gasteiger partial charge in [0.15, 0.2) is 6.61 Å². The van der Waals surface area contributed by atoms with Crippen molar-refractivity contribution in [3.05, 3.63) is 52.6 Å². The number of carbonyl (C=O) groups is 1. The van der Waals surface area contributed by atoms with E-state index in [-0.39, 0.29) is 23.7 Å². The van der Waals surface area contributed by atoms with Crippen LogP contribution in [0, 0.1) is 0 Å². The third-order valence-electron chi connectivity index (χ3n) is 5.03. The van der Waals surface area contributed by atoms with Gasteiger partial charge in [0.2, 0.25) is 11.2 Å². The molecule has 31 heavy (non-hydrogen) atoms. The Morgan fingerprint density at radius 3 is 2.52 bits per heavy atom. The zero-order valence-corrected chi connectivity index (χ0v) is 18.0. The molecule has 1 aromatic carbocycles. The highest BCUT2D eigenvalue weighted by molar-refractivity contribution is 5.77. The molecule has 1 N–H and O–H groups in total. The summed E-state index contributed by atoms with van der Waals surface area (Å²) in [5.74, 6) is 1.11. The molecule has 2 heterocycles. The van der Waals surface area contributed by atoms with Crippen LogP contribution in [0.4, 0.5) is 5.69 Å². The van der Waals surface area contributed by atoms with Crippen LogP contribution in [0.1, 0.15) is 5.76 Å². The summed E-state index contributed by atoms with van der Waals surface area (Å²) in [6.07, 6.45) is 1.27. The Bertz CT molecular complexity index is 891. The van der Waals surface area contributed by atoms with E-state index >= 15 is 0 Å². The van der Waals surface area contributed by atoms with Gasteiger partial charge in [-0.2, -0.15) is 0 Å². The number of nitrogens with one attached hydrogen (secondary N) is 1. The fourth-order valence-electron chi connectivity index (χ4n) is 3.29. The molecule has 3 rings (SSSR count). The lowest BCUT2D eigenvalue weighted by Gasteiger charge is -2.35. The summed E-state index contributed by atoms with van der Waals surface area (Å²) in [6, 6.07) is 9.47. The lowest BCUT2D eigenvalue weighted by atomic mass is 10.2. The van der Waals surface area contributed by atoms with E-state index in [1.807, 2.05) is 12.1 Å². The molecule has 2 aromatic rings. The highest BCUT2D eigenvalue weighted by Crippen LogP contribution is 2.21. The van der Waals surface area contributed by atoms with Gasteiger partial charge in [-0.25, -0.2) is 0 Å². The number of rotatable bonds is 10. The summed E-state index contributed by atoms with van der Waals surface area (Å²) in [5, 5.41) is 2.62. The van der Waals surface area contributed by atoms with Crippen LogP contribution in [-0.2, 0) is 16.1 Å². The average Bonchev–Trinajstić information content (AvgIpc) is 2.79. The van der Waals surface area contributed by atoms with Crippen LogP contribution < -0.4 is 25.1 Å². The van der Waals surface area contributed by atoms with Gasteiger partial charge in [0.25, 0.3) is 5.91 Å². The van der Waals surface area contributed by atoms with Crippen molar-refractivity contribution in [3.63, 3.8) is 0 Å². The van der Waals surface area contributed by atoms with Crippen molar-refractivity contribution in [2.24, 2.45) is 0 Å². The molecule has 9 heteroatoms. The molecule has 0 atom stereocenters. The van der Waals surface area contributed by atoms with Gasteiger partial charge in [-0.3, -0.25) is 14.5 Å². The van der Waals surface area contributed by atoms with Gasteiger partial charge in [0, 0.05) is 51.6 Å².